The summed E-state index contributed by atoms with van der Waals surface area (Å²) in [5.74, 6) is -0.241. The van der Waals surface area contributed by atoms with E-state index >= 15 is 0 Å². The van der Waals surface area contributed by atoms with E-state index in [1.54, 1.807) is 39.3 Å². The first-order valence-electron chi connectivity index (χ1n) is 6.88. The van der Waals surface area contributed by atoms with Gasteiger partial charge >= 0.3 is 0 Å². The first-order chi connectivity index (χ1) is 11.6. The fraction of sp³-hybridized carbons (Fsp3) is 0. The van der Waals surface area contributed by atoms with Crippen LogP contribution in [0.4, 0.5) is 5.69 Å². The third kappa shape index (κ3) is 2.93. The molecule has 4 aromatic rings. The summed E-state index contributed by atoms with van der Waals surface area (Å²) in [6.45, 7) is 0. The highest BCUT2D eigenvalue weighted by molar-refractivity contribution is 7.15. The third-order valence-electron chi connectivity index (χ3n) is 3.34. The van der Waals surface area contributed by atoms with E-state index < -0.39 is 0 Å². The number of fused-ring (bicyclic) bond motifs is 1. The Morgan fingerprint density at radius 3 is 2.67 bits per heavy atom. The molecule has 4 nitrogen and oxygen atoms in total. The largest absolute Gasteiger partial charge is 0.321 e. The van der Waals surface area contributed by atoms with Crippen molar-refractivity contribution in [2.75, 3.05) is 5.32 Å². The number of thiazole rings is 1. The highest BCUT2D eigenvalue weighted by Crippen LogP contribution is 2.28. The maximum atomic E-state index is 12.6. The normalized spacial score (nSPS) is 11.1. The minimum Gasteiger partial charge on any atom is -0.321 e. The van der Waals surface area contributed by atoms with Crippen molar-refractivity contribution in [3.05, 3.63) is 63.0 Å². The topological polar surface area (TPSA) is 46.4 Å². The predicted molar refractivity (Wildman–Crippen MR) is 101 cm³/mol. The molecule has 0 saturated carbocycles. The number of nitrogens with zero attached hydrogens (tertiary/aromatic N) is 2. The molecule has 8 heteroatoms. The van der Waals surface area contributed by atoms with Gasteiger partial charge in [0.25, 0.3) is 5.91 Å². The average molecular weight is 394 g/mol. The molecule has 0 aliphatic heterocycles. The molecule has 3 aromatic heterocycles. The van der Waals surface area contributed by atoms with Crippen LogP contribution in [0.5, 0.6) is 0 Å². The number of carbonyl (C=O) groups excluding carboxylic acids is 1. The molecule has 0 atom stereocenters. The number of nitrogens with one attached hydrogen (secondary N) is 1. The molecule has 0 bridgehead atoms. The van der Waals surface area contributed by atoms with Gasteiger partial charge in [0.2, 0.25) is 0 Å². The molecule has 0 spiro atoms. The van der Waals surface area contributed by atoms with Gasteiger partial charge < -0.3 is 5.32 Å². The molecule has 0 saturated heterocycles. The van der Waals surface area contributed by atoms with Crippen LogP contribution in [-0.4, -0.2) is 15.3 Å². The van der Waals surface area contributed by atoms with Crippen molar-refractivity contribution in [2.24, 2.45) is 0 Å². The molecule has 3 heterocycles. The second-order valence-electron chi connectivity index (χ2n) is 4.99. The zero-order chi connectivity index (χ0) is 16.7. The molecule has 0 aliphatic rings. The lowest BCUT2D eigenvalue weighted by Crippen LogP contribution is -2.13. The monoisotopic (exact) mass is 393 g/mol. The number of carbonyl (C=O) groups is 1. The number of halogens is 2. The lowest BCUT2D eigenvalue weighted by atomic mass is 10.3. The molecule has 0 unspecified atom stereocenters. The Morgan fingerprint density at radius 2 is 1.96 bits per heavy atom. The zero-order valence-corrected chi connectivity index (χ0v) is 15.1. The average Bonchev–Trinajstić information content (AvgIpc) is 3.22. The Hall–Kier alpha value is -1.86. The molecule has 120 valence electrons. The summed E-state index contributed by atoms with van der Waals surface area (Å²) in [4.78, 5) is 19.0. The first-order valence-corrected chi connectivity index (χ1v) is 9.39. The third-order valence-corrected chi connectivity index (χ3v) is 5.50. The number of amides is 1. The van der Waals surface area contributed by atoms with Crippen LogP contribution >= 0.6 is 45.9 Å². The van der Waals surface area contributed by atoms with E-state index in [0.29, 0.717) is 21.4 Å². The van der Waals surface area contributed by atoms with Crippen molar-refractivity contribution < 1.29 is 4.79 Å². The van der Waals surface area contributed by atoms with Crippen LogP contribution in [0.25, 0.3) is 15.5 Å². The molecule has 0 fully saturated rings. The highest BCUT2D eigenvalue weighted by atomic mass is 35.5. The number of imidazole rings is 1. The Labute approximate surface area is 155 Å². The Morgan fingerprint density at radius 1 is 1.17 bits per heavy atom. The fourth-order valence-electron chi connectivity index (χ4n) is 2.31. The van der Waals surface area contributed by atoms with Crippen LogP contribution in [0, 0.1) is 0 Å². The summed E-state index contributed by atoms with van der Waals surface area (Å²) < 4.78 is 1.79. The van der Waals surface area contributed by atoms with E-state index in [0.717, 1.165) is 15.5 Å². The second-order valence-corrected chi connectivity index (χ2v) is 7.65. The van der Waals surface area contributed by atoms with Crippen molar-refractivity contribution >= 4 is 62.4 Å². The molecule has 1 amide bonds. The summed E-state index contributed by atoms with van der Waals surface area (Å²) in [5.41, 5.74) is 1.92. The molecule has 4 rings (SSSR count). The maximum Gasteiger partial charge on any atom is 0.273 e. The van der Waals surface area contributed by atoms with Gasteiger partial charge in [-0.25, -0.2) is 4.98 Å². The number of rotatable bonds is 3. The molecule has 1 N–H and O–H groups in total. The van der Waals surface area contributed by atoms with Gasteiger partial charge in [-0.1, -0.05) is 29.3 Å². The van der Waals surface area contributed by atoms with Crippen LogP contribution in [0.3, 0.4) is 0 Å². The maximum absolute atomic E-state index is 12.6. The smallest absolute Gasteiger partial charge is 0.273 e. The number of hydrogen-bond donors (Lipinski definition) is 1. The number of aromatic nitrogens is 2. The van der Waals surface area contributed by atoms with E-state index in [-0.39, 0.29) is 5.91 Å². The van der Waals surface area contributed by atoms with Crippen molar-refractivity contribution in [2.45, 2.75) is 0 Å². The lowest BCUT2D eigenvalue weighted by molar-refractivity contribution is 0.102. The summed E-state index contributed by atoms with van der Waals surface area (Å²) in [6.07, 6.45) is 1.87. The van der Waals surface area contributed by atoms with Crippen LogP contribution in [0.2, 0.25) is 10.0 Å². The lowest BCUT2D eigenvalue weighted by Gasteiger charge is -2.05. The molecule has 24 heavy (non-hydrogen) atoms. The van der Waals surface area contributed by atoms with Crippen molar-refractivity contribution in [3.63, 3.8) is 0 Å². The Kier molecular flexibility index (Phi) is 4.05. The highest BCUT2D eigenvalue weighted by Gasteiger charge is 2.16. The van der Waals surface area contributed by atoms with Crippen molar-refractivity contribution in [3.8, 4) is 10.6 Å². The molecular weight excluding hydrogens is 385 g/mol. The van der Waals surface area contributed by atoms with E-state index in [2.05, 4.69) is 10.3 Å². The zero-order valence-electron chi connectivity index (χ0n) is 12.0. The predicted octanol–water partition coefficient (Wildman–Crippen LogP) is 5.68. The van der Waals surface area contributed by atoms with Crippen LogP contribution < -0.4 is 5.32 Å². The number of thiophene rings is 1. The molecular formula is C16H9Cl2N3OS2. The van der Waals surface area contributed by atoms with E-state index in [1.807, 2.05) is 23.7 Å². The number of anilines is 1. The fourth-order valence-corrected chi connectivity index (χ4v) is 4.37. The minimum absolute atomic E-state index is 0.241. The summed E-state index contributed by atoms with van der Waals surface area (Å²) in [6, 6.07) is 8.90. The van der Waals surface area contributed by atoms with Gasteiger partial charge in [0.1, 0.15) is 11.4 Å². The van der Waals surface area contributed by atoms with Crippen LogP contribution in [0.1, 0.15) is 10.5 Å². The summed E-state index contributed by atoms with van der Waals surface area (Å²) in [7, 11) is 0. The molecule has 0 radical (unpaired) electrons. The summed E-state index contributed by atoms with van der Waals surface area (Å²) >= 11 is 15.0. The van der Waals surface area contributed by atoms with Gasteiger partial charge in [0, 0.05) is 27.3 Å². The van der Waals surface area contributed by atoms with E-state index in [9.17, 15) is 4.79 Å². The first kappa shape index (κ1) is 15.7. The van der Waals surface area contributed by atoms with Gasteiger partial charge in [-0.2, -0.15) is 0 Å². The van der Waals surface area contributed by atoms with Crippen LogP contribution in [0.15, 0.2) is 47.3 Å². The van der Waals surface area contributed by atoms with Gasteiger partial charge in [0.05, 0.1) is 4.88 Å². The second kappa shape index (κ2) is 6.22. The standard InChI is InChI=1S/C16H9Cl2N3OS2/c17-9-4-10(18)6-11(5-9)19-15(22)13-8-24-16-20-12(7-21(13)16)14-2-1-3-23-14/h1-8H,(H,19,22). The minimum atomic E-state index is -0.241. The van der Waals surface area contributed by atoms with Crippen LogP contribution in [-0.2, 0) is 0 Å². The van der Waals surface area contributed by atoms with Gasteiger partial charge in [-0.3, -0.25) is 9.20 Å². The number of benzene rings is 1. The van der Waals surface area contributed by atoms with Gasteiger partial charge in [-0.05, 0) is 29.6 Å². The molecule has 0 aliphatic carbocycles. The number of hydrogen-bond acceptors (Lipinski definition) is 4. The van der Waals surface area contributed by atoms with Gasteiger partial charge in [0.15, 0.2) is 4.96 Å². The Balaban J connectivity index is 1.67. The van der Waals surface area contributed by atoms with E-state index in [4.69, 9.17) is 23.2 Å². The van der Waals surface area contributed by atoms with Crippen molar-refractivity contribution in [1.29, 1.82) is 0 Å². The molecule has 1 aromatic carbocycles. The van der Waals surface area contributed by atoms with Crippen molar-refractivity contribution in [1.82, 2.24) is 9.38 Å². The van der Waals surface area contributed by atoms with E-state index in [1.165, 1.54) is 11.3 Å². The van der Waals surface area contributed by atoms with Gasteiger partial charge in [-0.15, -0.1) is 22.7 Å². The SMILES string of the molecule is O=C(Nc1cc(Cl)cc(Cl)c1)c1csc2nc(-c3cccs3)cn12. The Bertz CT molecular complexity index is 1020. The quantitative estimate of drug-likeness (QED) is 0.486. The summed E-state index contributed by atoms with van der Waals surface area (Å²) in [5, 5.41) is 7.53.